The summed E-state index contributed by atoms with van der Waals surface area (Å²) in [4.78, 5) is 11.1. The molecule has 5 nitrogen and oxygen atoms in total. The first-order chi connectivity index (χ1) is 9.23. The number of carbonyl (C=O) groups excluding carboxylic acids is 1. The quantitative estimate of drug-likeness (QED) is 0.707. The van der Waals surface area contributed by atoms with Crippen molar-refractivity contribution in [2.45, 2.75) is 11.8 Å². The zero-order valence-electron chi connectivity index (χ0n) is 10.7. The van der Waals surface area contributed by atoms with Gasteiger partial charge < -0.3 is 4.74 Å². The molecule has 0 heterocycles. The van der Waals surface area contributed by atoms with E-state index in [9.17, 15) is 13.2 Å². The van der Waals surface area contributed by atoms with E-state index in [4.69, 9.17) is 23.2 Å². The van der Waals surface area contributed by atoms with Gasteiger partial charge in [0.2, 0.25) is 10.0 Å². The molecule has 0 saturated heterocycles. The number of likely N-dealkylation sites (N-methyl/N-ethyl adjacent to an activating group) is 1. The molecule has 1 rings (SSSR count). The number of nitrogens with zero attached hydrogens (tertiary/aromatic N) is 1. The van der Waals surface area contributed by atoms with Crippen LogP contribution in [0.2, 0.25) is 10.0 Å². The standard InChI is InChI=1S/C11H12BrCl2NO4S/c1-3-15(6-10(16)19-2)20(17,18)11-8(13)4-7(12)5-9(11)14/h4-5H,3,6H2,1-2H3. The summed E-state index contributed by atoms with van der Waals surface area (Å²) in [6.07, 6.45) is 0. The van der Waals surface area contributed by atoms with Crippen molar-refractivity contribution in [1.82, 2.24) is 4.31 Å². The molecule has 1 aromatic rings. The third kappa shape index (κ3) is 3.85. The first-order valence-corrected chi connectivity index (χ1v) is 8.44. The smallest absolute Gasteiger partial charge is 0.321 e. The van der Waals surface area contributed by atoms with E-state index in [2.05, 4.69) is 20.7 Å². The fourth-order valence-corrected chi connectivity index (χ4v) is 4.76. The second-order valence-electron chi connectivity index (χ2n) is 3.71. The lowest BCUT2D eigenvalue weighted by molar-refractivity contribution is -0.140. The Morgan fingerprint density at radius 1 is 1.35 bits per heavy atom. The molecule has 0 spiro atoms. The highest BCUT2D eigenvalue weighted by Crippen LogP contribution is 2.34. The Kier molecular flexibility index (Phi) is 6.27. The lowest BCUT2D eigenvalue weighted by Crippen LogP contribution is -2.36. The SMILES string of the molecule is CCN(CC(=O)OC)S(=O)(=O)c1c(Cl)cc(Br)cc1Cl. The van der Waals surface area contributed by atoms with Crippen LogP contribution in [0.3, 0.4) is 0 Å². The maximum absolute atomic E-state index is 12.5. The summed E-state index contributed by atoms with van der Waals surface area (Å²) < 4.78 is 31.0. The number of ether oxygens (including phenoxy) is 1. The van der Waals surface area contributed by atoms with E-state index >= 15 is 0 Å². The average molecular weight is 405 g/mol. The molecule has 112 valence electrons. The first kappa shape index (κ1) is 17.7. The average Bonchev–Trinajstić information content (AvgIpc) is 2.33. The van der Waals surface area contributed by atoms with Crippen LogP contribution in [-0.4, -0.2) is 38.9 Å². The Hall–Kier alpha value is -0.340. The molecule has 0 amide bonds. The Morgan fingerprint density at radius 3 is 2.25 bits per heavy atom. The second-order valence-corrected chi connectivity index (χ2v) is 7.31. The van der Waals surface area contributed by atoms with Crippen molar-refractivity contribution in [1.29, 1.82) is 0 Å². The predicted octanol–water partition coefficient (Wildman–Crippen LogP) is 2.94. The minimum Gasteiger partial charge on any atom is -0.468 e. The number of methoxy groups -OCH3 is 1. The van der Waals surface area contributed by atoms with Gasteiger partial charge in [-0.15, -0.1) is 0 Å². The predicted molar refractivity (Wildman–Crippen MR) is 80.6 cm³/mol. The number of hydrogen-bond acceptors (Lipinski definition) is 4. The maximum Gasteiger partial charge on any atom is 0.321 e. The molecule has 0 atom stereocenters. The largest absolute Gasteiger partial charge is 0.468 e. The van der Waals surface area contributed by atoms with Gasteiger partial charge >= 0.3 is 5.97 Å². The molecular formula is C11H12BrCl2NO4S. The highest BCUT2D eigenvalue weighted by molar-refractivity contribution is 9.10. The first-order valence-electron chi connectivity index (χ1n) is 5.45. The normalized spacial score (nSPS) is 11.7. The summed E-state index contributed by atoms with van der Waals surface area (Å²) in [5.74, 6) is -0.667. The van der Waals surface area contributed by atoms with E-state index in [0.717, 1.165) is 4.31 Å². The van der Waals surface area contributed by atoms with E-state index in [1.807, 2.05) is 0 Å². The number of carbonyl (C=O) groups is 1. The van der Waals surface area contributed by atoms with Crippen molar-refractivity contribution in [3.8, 4) is 0 Å². The van der Waals surface area contributed by atoms with E-state index in [0.29, 0.717) is 4.47 Å². The Morgan fingerprint density at radius 2 is 1.85 bits per heavy atom. The molecule has 20 heavy (non-hydrogen) atoms. The lowest BCUT2D eigenvalue weighted by atomic mass is 10.4. The zero-order chi connectivity index (χ0) is 15.5. The molecule has 0 N–H and O–H groups in total. The van der Waals surface area contributed by atoms with Gasteiger partial charge in [-0.25, -0.2) is 8.42 Å². The van der Waals surface area contributed by atoms with E-state index in [-0.39, 0.29) is 21.5 Å². The van der Waals surface area contributed by atoms with Crippen molar-refractivity contribution < 1.29 is 17.9 Å². The van der Waals surface area contributed by atoms with Crippen LogP contribution in [0, 0.1) is 0 Å². The summed E-state index contributed by atoms with van der Waals surface area (Å²) >= 11 is 15.1. The molecule has 0 fully saturated rings. The van der Waals surface area contributed by atoms with Gasteiger partial charge in [-0.1, -0.05) is 46.1 Å². The zero-order valence-corrected chi connectivity index (χ0v) is 14.6. The second kappa shape index (κ2) is 7.09. The van der Waals surface area contributed by atoms with Crippen LogP contribution in [0.15, 0.2) is 21.5 Å². The molecule has 0 radical (unpaired) electrons. The van der Waals surface area contributed by atoms with Crippen molar-refractivity contribution in [2.24, 2.45) is 0 Å². The fourth-order valence-electron chi connectivity index (χ4n) is 1.48. The number of hydrogen-bond donors (Lipinski definition) is 0. The molecule has 0 aliphatic carbocycles. The van der Waals surface area contributed by atoms with E-state index in [1.165, 1.54) is 19.2 Å². The molecule has 1 aromatic carbocycles. The van der Waals surface area contributed by atoms with Gasteiger partial charge in [0.15, 0.2) is 0 Å². The minimum absolute atomic E-state index is 0.0207. The Balaban J connectivity index is 3.31. The molecule has 0 aromatic heterocycles. The van der Waals surface area contributed by atoms with Crippen LogP contribution in [0.5, 0.6) is 0 Å². The monoisotopic (exact) mass is 403 g/mol. The van der Waals surface area contributed by atoms with Crippen LogP contribution in [-0.2, 0) is 19.6 Å². The van der Waals surface area contributed by atoms with Crippen LogP contribution in [0.4, 0.5) is 0 Å². The van der Waals surface area contributed by atoms with Crippen LogP contribution in [0.1, 0.15) is 6.92 Å². The number of sulfonamides is 1. The van der Waals surface area contributed by atoms with Gasteiger partial charge in [0.05, 0.1) is 17.2 Å². The highest BCUT2D eigenvalue weighted by atomic mass is 79.9. The highest BCUT2D eigenvalue weighted by Gasteiger charge is 2.30. The van der Waals surface area contributed by atoms with Gasteiger partial charge in [-0.2, -0.15) is 4.31 Å². The fraction of sp³-hybridized carbons (Fsp3) is 0.364. The van der Waals surface area contributed by atoms with Crippen LogP contribution < -0.4 is 0 Å². The number of rotatable bonds is 5. The molecule has 0 aliphatic heterocycles. The summed E-state index contributed by atoms with van der Waals surface area (Å²) in [7, 11) is -2.80. The number of halogens is 3. The molecular weight excluding hydrogens is 393 g/mol. The minimum atomic E-state index is -3.99. The van der Waals surface area contributed by atoms with Gasteiger partial charge in [0.1, 0.15) is 11.4 Å². The van der Waals surface area contributed by atoms with Gasteiger partial charge in [-0.05, 0) is 12.1 Å². The summed E-state index contributed by atoms with van der Waals surface area (Å²) in [5, 5.41) is -0.0413. The molecule has 0 aliphatic rings. The maximum atomic E-state index is 12.5. The summed E-state index contributed by atoms with van der Waals surface area (Å²) in [5.41, 5.74) is 0. The number of esters is 1. The van der Waals surface area contributed by atoms with Gasteiger partial charge in [-0.3, -0.25) is 4.79 Å². The van der Waals surface area contributed by atoms with E-state index < -0.39 is 22.5 Å². The summed E-state index contributed by atoms with van der Waals surface area (Å²) in [6.45, 7) is 1.28. The van der Waals surface area contributed by atoms with Crippen molar-refractivity contribution >= 4 is 55.1 Å². The topological polar surface area (TPSA) is 63.7 Å². The van der Waals surface area contributed by atoms with E-state index in [1.54, 1.807) is 6.92 Å². The molecule has 0 bridgehead atoms. The van der Waals surface area contributed by atoms with Crippen molar-refractivity contribution in [2.75, 3.05) is 20.2 Å². The molecule has 9 heteroatoms. The molecule has 0 saturated carbocycles. The molecule has 0 unspecified atom stereocenters. The Bertz CT molecular complexity index is 598. The van der Waals surface area contributed by atoms with Crippen LogP contribution >= 0.6 is 39.1 Å². The van der Waals surface area contributed by atoms with Crippen molar-refractivity contribution in [3.63, 3.8) is 0 Å². The number of benzene rings is 1. The van der Waals surface area contributed by atoms with Crippen molar-refractivity contribution in [3.05, 3.63) is 26.7 Å². The van der Waals surface area contributed by atoms with Gasteiger partial charge in [0.25, 0.3) is 0 Å². The van der Waals surface area contributed by atoms with Gasteiger partial charge in [0, 0.05) is 11.0 Å². The van der Waals surface area contributed by atoms with Crippen LogP contribution in [0.25, 0.3) is 0 Å². The third-order valence-electron chi connectivity index (χ3n) is 2.45. The summed E-state index contributed by atoms with van der Waals surface area (Å²) in [6, 6.07) is 2.85. The Labute approximate surface area is 136 Å². The lowest BCUT2D eigenvalue weighted by Gasteiger charge is -2.20. The third-order valence-corrected chi connectivity index (χ3v) is 5.75.